The van der Waals surface area contributed by atoms with Crippen LogP contribution in [0.1, 0.15) is 59.9 Å². The number of anilines is 1. The van der Waals surface area contributed by atoms with E-state index in [2.05, 4.69) is 15.4 Å². The van der Waals surface area contributed by atoms with Crippen molar-refractivity contribution in [2.75, 3.05) is 5.32 Å². The normalized spacial score (nSPS) is 15.2. The summed E-state index contributed by atoms with van der Waals surface area (Å²) < 4.78 is 16.5. The number of amides is 2. The average molecular weight is 484 g/mol. The van der Waals surface area contributed by atoms with Crippen molar-refractivity contribution in [2.45, 2.75) is 44.9 Å². The number of nitrogens with zero attached hydrogens (tertiary/aromatic N) is 3. The molecule has 1 saturated carbocycles. The van der Waals surface area contributed by atoms with Crippen molar-refractivity contribution in [2.24, 2.45) is 18.7 Å². The van der Waals surface area contributed by atoms with Gasteiger partial charge in [-0.2, -0.15) is 5.10 Å². The number of primary amides is 1. The lowest BCUT2D eigenvalue weighted by Crippen LogP contribution is -2.29. The molecule has 0 radical (unpaired) electrons. The summed E-state index contributed by atoms with van der Waals surface area (Å²) in [6.07, 6.45) is 6.51. The Bertz CT molecular complexity index is 1220. The van der Waals surface area contributed by atoms with Gasteiger partial charge in [0.25, 0.3) is 5.91 Å². The van der Waals surface area contributed by atoms with Crippen LogP contribution in [0.5, 0.6) is 0 Å². The van der Waals surface area contributed by atoms with Crippen molar-refractivity contribution in [1.82, 2.24) is 14.8 Å². The average Bonchev–Trinajstić information content (AvgIpc) is 3.17. The maximum Gasteiger partial charge on any atom is 0.266 e. The first kappa shape index (κ1) is 23.9. The van der Waals surface area contributed by atoms with Crippen molar-refractivity contribution in [3.8, 4) is 11.1 Å². The fourth-order valence-electron chi connectivity index (χ4n) is 4.80. The highest BCUT2D eigenvalue weighted by Gasteiger charge is 2.34. The molecule has 34 heavy (non-hydrogen) atoms. The SMILES string of the molecule is Cc1nccc(Cl)c1-c1ccc(NC(=O)C(c2cc(C(N)=O)n(C)n2)C2CCCCC2)cc1F. The molecular formula is C25H27ClFN5O2. The molecule has 0 saturated heterocycles. The van der Waals surface area contributed by atoms with Crippen LogP contribution in [-0.2, 0) is 11.8 Å². The Balaban J connectivity index is 1.63. The molecule has 1 aliphatic rings. The van der Waals surface area contributed by atoms with Gasteiger partial charge in [-0.25, -0.2) is 4.39 Å². The van der Waals surface area contributed by atoms with Crippen LogP contribution in [0, 0.1) is 18.7 Å². The summed E-state index contributed by atoms with van der Waals surface area (Å²) in [7, 11) is 1.62. The molecule has 7 nitrogen and oxygen atoms in total. The third-order valence-electron chi connectivity index (χ3n) is 6.47. The maximum atomic E-state index is 15.1. The molecule has 0 aliphatic heterocycles. The Kier molecular flexibility index (Phi) is 6.97. The Morgan fingerprint density at radius 2 is 1.94 bits per heavy atom. The first-order valence-corrected chi connectivity index (χ1v) is 11.7. The fourth-order valence-corrected chi connectivity index (χ4v) is 5.10. The van der Waals surface area contributed by atoms with Crippen molar-refractivity contribution in [1.29, 1.82) is 0 Å². The Hall–Kier alpha value is -3.26. The predicted molar refractivity (Wildman–Crippen MR) is 129 cm³/mol. The lowest BCUT2D eigenvalue weighted by atomic mass is 9.78. The second kappa shape index (κ2) is 9.93. The van der Waals surface area contributed by atoms with E-state index in [9.17, 15) is 9.59 Å². The Labute approximate surface area is 202 Å². The van der Waals surface area contributed by atoms with E-state index in [4.69, 9.17) is 17.3 Å². The Morgan fingerprint density at radius 1 is 1.21 bits per heavy atom. The van der Waals surface area contributed by atoms with Crippen LogP contribution >= 0.6 is 11.6 Å². The molecule has 178 valence electrons. The standard InChI is InChI=1S/C25H27ClFN5O2/c1-14-22(18(26)10-11-29-14)17-9-8-16(12-19(17)27)30-25(34)23(15-6-4-3-5-7-15)20-13-21(24(28)33)32(2)31-20/h8-13,15,23H,3-7H2,1-2H3,(H2,28,33)(H,30,34). The molecule has 0 spiro atoms. The second-order valence-corrected chi connectivity index (χ2v) is 9.16. The maximum absolute atomic E-state index is 15.1. The number of aromatic nitrogens is 3. The van der Waals surface area contributed by atoms with Crippen molar-refractivity contribution < 1.29 is 14.0 Å². The van der Waals surface area contributed by atoms with Crippen molar-refractivity contribution in [3.05, 3.63) is 64.5 Å². The first-order chi connectivity index (χ1) is 16.3. The minimum absolute atomic E-state index is 0.0744. The van der Waals surface area contributed by atoms with Crippen LogP contribution in [0.3, 0.4) is 0 Å². The zero-order valence-corrected chi connectivity index (χ0v) is 19.9. The van der Waals surface area contributed by atoms with Crippen LogP contribution in [-0.4, -0.2) is 26.6 Å². The number of pyridine rings is 1. The number of aryl methyl sites for hydroxylation is 2. The number of hydrogen-bond acceptors (Lipinski definition) is 4. The van der Waals surface area contributed by atoms with Gasteiger partial charge in [0.2, 0.25) is 5.91 Å². The van der Waals surface area contributed by atoms with Gasteiger partial charge in [-0.3, -0.25) is 19.3 Å². The van der Waals surface area contributed by atoms with Crippen LogP contribution in [0.15, 0.2) is 36.5 Å². The molecule has 4 rings (SSSR count). The quantitative estimate of drug-likeness (QED) is 0.515. The number of carbonyl (C=O) groups excluding carboxylic acids is 2. The van der Waals surface area contributed by atoms with E-state index in [1.807, 2.05) is 0 Å². The predicted octanol–water partition coefficient (Wildman–Crippen LogP) is 4.98. The van der Waals surface area contributed by atoms with Gasteiger partial charge >= 0.3 is 0 Å². The van der Waals surface area contributed by atoms with Gasteiger partial charge in [-0.05, 0) is 56.0 Å². The van der Waals surface area contributed by atoms with Gasteiger partial charge in [-0.1, -0.05) is 30.9 Å². The molecule has 3 aromatic rings. The molecule has 1 aromatic carbocycles. The molecule has 2 heterocycles. The molecule has 3 N–H and O–H groups in total. The lowest BCUT2D eigenvalue weighted by Gasteiger charge is -2.28. The van der Waals surface area contributed by atoms with E-state index >= 15 is 4.39 Å². The number of nitrogens with two attached hydrogens (primary N) is 1. The smallest absolute Gasteiger partial charge is 0.266 e. The number of rotatable bonds is 6. The van der Waals surface area contributed by atoms with Gasteiger partial charge in [0, 0.05) is 35.8 Å². The van der Waals surface area contributed by atoms with E-state index < -0.39 is 17.6 Å². The molecule has 9 heteroatoms. The molecule has 2 amide bonds. The third-order valence-corrected chi connectivity index (χ3v) is 6.78. The molecule has 1 aliphatic carbocycles. The third kappa shape index (κ3) is 4.82. The largest absolute Gasteiger partial charge is 0.364 e. The molecule has 0 bridgehead atoms. The highest BCUT2D eigenvalue weighted by atomic mass is 35.5. The number of nitrogens with one attached hydrogen (secondary N) is 1. The van der Waals surface area contributed by atoms with Gasteiger partial charge in [0.1, 0.15) is 11.5 Å². The topological polar surface area (TPSA) is 103 Å². The van der Waals surface area contributed by atoms with Gasteiger partial charge in [-0.15, -0.1) is 0 Å². The summed E-state index contributed by atoms with van der Waals surface area (Å²) in [4.78, 5) is 29.4. The lowest BCUT2D eigenvalue weighted by molar-refractivity contribution is -0.119. The highest BCUT2D eigenvalue weighted by Crippen LogP contribution is 2.37. The molecule has 2 aromatic heterocycles. The molecule has 1 fully saturated rings. The van der Waals surface area contributed by atoms with E-state index in [-0.39, 0.29) is 17.5 Å². The zero-order valence-electron chi connectivity index (χ0n) is 19.1. The number of benzene rings is 1. The summed E-state index contributed by atoms with van der Waals surface area (Å²) in [6, 6.07) is 7.70. The molecule has 1 atom stereocenters. The summed E-state index contributed by atoms with van der Waals surface area (Å²) in [5.74, 6) is -1.91. The first-order valence-electron chi connectivity index (χ1n) is 11.3. The molecular weight excluding hydrogens is 457 g/mol. The van der Waals surface area contributed by atoms with E-state index in [1.165, 1.54) is 10.7 Å². The Morgan fingerprint density at radius 3 is 2.56 bits per heavy atom. The number of halogens is 2. The number of hydrogen-bond donors (Lipinski definition) is 2. The zero-order chi connectivity index (χ0) is 24.4. The van der Waals surface area contributed by atoms with E-state index in [1.54, 1.807) is 44.4 Å². The van der Waals surface area contributed by atoms with E-state index in [0.717, 1.165) is 32.1 Å². The van der Waals surface area contributed by atoms with Crippen molar-refractivity contribution in [3.63, 3.8) is 0 Å². The van der Waals surface area contributed by atoms with Crippen LogP contribution in [0.4, 0.5) is 10.1 Å². The minimum Gasteiger partial charge on any atom is -0.364 e. The summed E-state index contributed by atoms with van der Waals surface area (Å²) in [5.41, 5.74) is 7.96. The summed E-state index contributed by atoms with van der Waals surface area (Å²) in [6.45, 7) is 1.76. The molecule has 1 unspecified atom stereocenters. The number of carbonyl (C=O) groups is 2. The summed E-state index contributed by atoms with van der Waals surface area (Å²) in [5, 5.41) is 7.68. The van der Waals surface area contributed by atoms with Crippen molar-refractivity contribution >= 4 is 29.1 Å². The van der Waals surface area contributed by atoms with E-state index in [0.29, 0.717) is 33.2 Å². The van der Waals surface area contributed by atoms with Gasteiger partial charge in [0.05, 0.1) is 16.6 Å². The fraction of sp³-hybridized carbons (Fsp3) is 0.360. The van der Waals surface area contributed by atoms with Crippen LogP contribution < -0.4 is 11.1 Å². The van der Waals surface area contributed by atoms with Gasteiger partial charge < -0.3 is 11.1 Å². The highest BCUT2D eigenvalue weighted by molar-refractivity contribution is 6.33. The second-order valence-electron chi connectivity index (χ2n) is 8.76. The van der Waals surface area contributed by atoms with Gasteiger partial charge in [0.15, 0.2) is 0 Å². The summed E-state index contributed by atoms with van der Waals surface area (Å²) >= 11 is 6.27. The van der Waals surface area contributed by atoms with Crippen LogP contribution in [0.25, 0.3) is 11.1 Å². The van der Waals surface area contributed by atoms with Crippen LogP contribution in [0.2, 0.25) is 5.02 Å². The monoisotopic (exact) mass is 483 g/mol. The minimum atomic E-state index is -0.605.